The molecule has 0 radical (unpaired) electrons. The molecule has 90 valence electrons. The minimum atomic E-state index is -0.316. The van der Waals surface area contributed by atoms with Gasteiger partial charge in [0, 0.05) is 6.42 Å². The van der Waals surface area contributed by atoms with Crippen LogP contribution < -0.4 is 0 Å². The van der Waals surface area contributed by atoms with E-state index in [9.17, 15) is 4.39 Å². The van der Waals surface area contributed by atoms with Crippen molar-refractivity contribution in [3.8, 4) is 5.69 Å². The highest BCUT2D eigenvalue weighted by Gasteiger charge is 2.16. The van der Waals surface area contributed by atoms with Crippen LogP contribution in [0.15, 0.2) is 18.2 Å². The molecule has 2 rings (SSSR count). The molecule has 0 N–H and O–H groups in total. The lowest BCUT2D eigenvalue weighted by atomic mass is 10.2. The zero-order chi connectivity index (χ0) is 12.4. The quantitative estimate of drug-likeness (QED) is 0.840. The molecule has 0 aliphatic carbocycles. The van der Waals surface area contributed by atoms with E-state index in [2.05, 4.69) is 10.2 Å². The summed E-state index contributed by atoms with van der Waals surface area (Å²) in [5.41, 5.74) is 1.25. The maximum Gasteiger partial charge on any atom is 0.229 e. The van der Waals surface area contributed by atoms with Gasteiger partial charge in [0.25, 0.3) is 0 Å². The van der Waals surface area contributed by atoms with Crippen molar-refractivity contribution >= 4 is 11.6 Å². The summed E-state index contributed by atoms with van der Waals surface area (Å²) in [5.74, 6) is 0.370. The molecule has 0 bridgehead atoms. The first-order valence-corrected chi connectivity index (χ1v) is 5.88. The number of nitrogens with zero attached hydrogens (tertiary/aromatic N) is 3. The molecule has 0 fully saturated rings. The van der Waals surface area contributed by atoms with E-state index in [1.54, 1.807) is 10.6 Å². The van der Waals surface area contributed by atoms with Gasteiger partial charge in [-0.25, -0.2) is 4.39 Å². The molecule has 5 heteroatoms. The maximum atomic E-state index is 13.9. The van der Waals surface area contributed by atoms with Crippen molar-refractivity contribution < 1.29 is 4.39 Å². The number of aromatic nitrogens is 3. The molecule has 0 atom stereocenters. The standard InChI is InChI=1S/C12H13ClFN3/c1-3-5-10-15-16-12(13)17(10)11-8(2)6-4-7-9(11)14/h4,6-7H,3,5H2,1-2H3. The van der Waals surface area contributed by atoms with Crippen molar-refractivity contribution in [1.29, 1.82) is 0 Å². The number of halogens is 2. The fourth-order valence-corrected chi connectivity index (χ4v) is 2.03. The van der Waals surface area contributed by atoms with Crippen molar-refractivity contribution in [2.45, 2.75) is 26.7 Å². The van der Waals surface area contributed by atoms with Crippen LogP contribution in [-0.4, -0.2) is 14.8 Å². The van der Waals surface area contributed by atoms with Crippen molar-refractivity contribution in [3.05, 3.63) is 40.7 Å². The first kappa shape index (κ1) is 12.0. The molecule has 0 amide bonds. The molecule has 1 aromatic heterocycles. The SMILES string of the molecule is CCCc1nnc(Cl)n1-c1c(C)cccc1F. The lowest BCUT2D eigenvalue weighted by Gasteiger charge is -2.11. The predicted molar refractivity (Wildman–Crippen MR) is 65.1 cm³/mol. The minimum absolute atomic E-state index is 0.196. The summed E-state index contributed by atoms with van der Waals surface area (Å²) in [7, 11) is 0. The van der Waals surface area contributed by atoms with Gasteiger partial charge >= 0.3 is 0 Å². The van der Waals surface area contributed by atoms with Crippen LogP contribution >= 0.6 is 11.6 Å². The molecule has 0 spiro atoms. The van der Waals surface area contributed by atoms with E-state index in [1.807, 2.05) is 19.9 Å². The summed E-state index contributed by atoms with van der Waals surface area (Å²) in [4.78, 5) is 0. The van der Waals surface area contributed by atoms with E-state index in [0.29, 0.717) is 17.9 Å². The number of benzene rings is 1. The highest BCUT2D eigenvalue weighted by atomic mass is 35.5. The Kier molecular flexibility index (Phi) is 3.43. The molecule has 0 unspecified atom stereocenters. The molecular weight excluding hydrogens is 241 g/mol. The number of hydrogen-bond donors (Lipinski definition) is 0. The van der Waals surface area contributed by atoms with E-state index in [0.717, 1.165) is 12.0 Å². The zero-order valence-corrected chi connectivity index (χ0v) is 10.5. The summed E-state index contributed by atoms with van der Waals surface area (Å²) in [6, 6.07) is 4.92. The first-order chi connectivity index (χ1) is 8.15. The first-order valence-electron chi connectivity index (χ1n) is 5.50. The van der Waals surface area contributed by atoms with E-state index in [-0.39, 0.29) is 11.1 Å². The molecule has 2 aromatic rings. The van der Waals surface area contributed by atoms with Gasteiger partial charge < -0.3 is 0 Å². The largest absolute Gasteiger partial charge is 0.266 e. The molecule has 0 aliphatic rings. The lowest BCUT2D eigenvalue weighted by Crippen LogP contribution is -2.05. The summed E-state index contributed by atoms with van der Waals surface area (Å²) in [6.45, 7) is 3.87. The van der Waals surface area contributed by atoms with Gasteiger partial charge in [-0.05, 0) is 36.6 Å². The molecule has 0 saturated carbocycles. The summed E-state index contributed by atoms with van der Waals surface area (Å²) < 4.78 is 15.5. The monoisotopic (exact) mass is 253 g/mol. The van der Waals surface area contributed by atoms with Crippen LogP contribution in [0, 0.1) is 12.7 Å². The van der Waals surface area contributed by atoms with Crippen LogP contribution in [0.2, 0.25) is 5.28 Å². The summed E-state index contributed by atoms with van der Waals surface area (Å²) >= 11 is 5.98. The fourth-order valence-electron chi connectivity index (χ4n) is 1.81. The van der Waals surface area contributed by atoms with Gasteiger partial charge in [0.2, 0.25) is 5.28 Å². The van der Waals surface area contributed by atoms with Gasteiger partial charge in [-0.15, -0.1) is 10.2 Å². The normalized spacial score (nSPS) is 10.8. The summed E-state index contributed by atoms with van der Waals surface area (Å²) in [5, 5.41) is 7.98. The minimum Gasteiger partial charge on any atom is -0.266 e. The van der Waals surface area contributed by atoms with E-state index in [4.69, 9.17) is 11.6 Å². The Labute approximate surface area is 104 Å². The maximum absolute atomic E-state index is 13.9. The van der Waals surface area contributed by atoms with Crippen LogP contribution in [0.4, 0.5) is 4.39 Å². The average molecular weight is 254 g/mol. The number of rotatable bonds is 3. The van der Waals surface area contributed by atoms with E-state index < -0.39 is 0 Å². The molecular formula is C12H13ClFN3. The van der Waals surface area contributed by atoms with Crippen LogP contribution in [-0.2, 0) is 6.42 Å². The van der Waals surface area contributed by atoms with Gasteiger partial charge in [-0.3, -0.25) is 4.57 Å². The van der Waals surface area contributed by atoms with Gasteiger partial charge in [0.15, 0.2) is 0 Å². The molecule has 1 aromatic carbocycles. The second-order valence-electron chi connectivity index (χ2n) is 3.88. The molecule has 0 aliphatic heterocycles. The van der Waals surface area contributed by atoms with Crippen molar-refractivity contribution in [2.75, 3.05) is 0 Å². The van der Waals surface area contributed by atoms with Crippen LogP contribution in [0.1, 0.15) is 24.7 Å². The van der Waals surface area contributed by atoms with Crippen LogP contribution in [0.25, 0.3) is 5.69 Å². The van der Waals surface area contributed by atoms with Crippen molar-refractivity contribution in [3.63, 3.8) is 0 Å². The lowest BCUT2D eigenvalue weighted by molar-refractivity contribution is 0.612. The van der Waals surface area contributed by atoms with Gasteiger partial charge in [0.1, 0.15) is 11.6 Å². The number of hydrogen-bond acceptors (Lipinski definition) is 2. The van der Waals surface area contributed by atoms with Gasteiger partial charge in [-0.1, -0.05) is 19.1 Å². The second-order valence-corrected chi connectivity index (χ2v) is 4.21. The Morgan fingerprint density at radius 1 is 1.35 bits per heavy atom. The van der Waals surface area contributed by atoms with E-state index >= 15 is 0 Å². The highest BCUT2D eigenvalue weighted by molar-refractivity contribution is 6.28. The Morgan fingerprint density at radius 2 is 2.12 bits per heavy atom. The van der Waals surface area contributed by atoms with Crippen molar-refractivity contribution in [1.82, 2.24) is 14.8 Å². The third-order valence-corrected chi connectivity index (χ3v) is 2.82. The Bertz CT molecular complexity index is 516. The molecule has 3 nitrogen and oxygen atoms in total. The third-order valence-electron chi connectivity index (χ3n) is 2.58. The van der Waals surface area contributed by atoms with Crippen molar-refractivity contribution in [2.24, 2.45) is 0 Å². The molecule has 1 heterocycles. The van der Waals surface area contributed by atoms with Crippen LogP contribution in [0.3, 0.4) is 0 Å². The zero-order valence-electron chi connectivity index (χ0n) is 9.74. The third kappa shape index (κ3) is 2.17. The van der Waals surface area contributed by atoms with Crippen LogP contribution in [0.5, 0.6) is 0 Å². The predicted octanol–water partition coefficient (Wildman–Crippen LogP) is 3.32. The summed E-state index contributed by atoms with van der Waals surface area (Å²) in [6.07, 6.45) is 1.62. The average Bonchev–Trinajstić information content (AvgIpc) is 2.62. The smallest absolute Gasteiger partial charge is 0.229 e. The molecule has 17 heavy (non-hydrogen) atoms. The van der Waals surface area contributed by atoms with E-state index in [1.165, 1.54) is 6.07 Å². The van der Waals surface area contributed by atoms with Gasteiger partial charge in [0.05, 0.1) is 5.69 Å². The Hall–Kier alpha value is -1.42. The Morgan fingerprint density at radius 3 is 2.76 bits per heavy atom. The molecule has 0 saturated heterocycles. The Balaban J connectivity index is 2.63. The highest BCUT2D eigenvalue weighted by Crippen LogP contribution is 2.23. The fraction of sp³-hybridized carbons (Fsp3) is 0.333. The number of aryl methyl sites for hydroxylation is 2. The second kappa shape index (κ2) is 4.84. The van der Waals surface area contributed by atoms with Gasteiger partial charge in [-0.2, -0.15) is 0 Å². The number of para-hydroxylation sites is 1. The topological polar surface area (TPSA) is 30.7 Å².